The molecule has 2 aliphatic carbocycles. The van der Waals surface area contributed by atoms with E-state index in [4.69, 9.17) is 0 Å². The molecule has 0 spiro atoms. The van der Waals surface area contributed by atoms with Crippen LogP contribution < -0.4 is 4.72 Å². The Morgan fingerprint density at radius 2 is 1.84 bits per heavy atom. The highest BCUT2D eigenvalue weighted by Crippen LogP contribution is 2.65. The van der Waals surface area contributed by atoms with Crippen molar-refractivity contribution in [3.8, 4) is 11.3 Å². The minimum atomic E-state index is -3.95. The molecule has 0 radical (unpaired) electrons. The SMILES string of the molecule is CN(C)S(=O)(=O)NC(=O)c1ccc2c(C3CCCCC3)c3n(c2c1)CC1(C(=O)O)CC1c1cc(I)ccc1-3. The second-order valence-corrected chi connectivity index (χ2v) is 14.2. The summed E-state index contributed by atoms with van der Waals surface area (Å²) < 4.78 is 30.9. The lowest BCUT2D eigenvalue weighted by Gasteiger charge is -2.24. The molecule has 1 aromatic heterocycles. The van der Waals surface area contributed by atoms with E-state index in [1.165, 1.54) is 26.1 Å². The molecule has 3 aliphatic rings. The summed E-state index contributed by atoms with van der Waals surface area (Å²) in [5, 5.41) is 11.4. The average molecular weight is 648 g/mol. The highest BCUT2D eigenvalue weighted by atomic mass is 127. The van der Waals surface area contributed by atoms with Crippen molar-refractivity contribution in [2.45, 2.75) is 56.9 Å². The van der Waals surface area contributed by atoms with E-state index in [-0.39, 0.29) is 11.5 Å². The number of halogens is 1. The zero-order valence-electron chi connectivity index (χ0n) is 21.3. The van der Waals surface area contributed by atoms with Gasteiger partial charge in [-0.15, -0.1) is 0 Å². The number of fused-ring (bicyclic) bond motifs is 7. The van der Waals surface area contributed by atoms with Gasteiger partial charge in [-0.25, -0.2) is 4.72 Å². The quantitative estimate of drug-likeness (QED) is 0.376. The molecule has 0 saturated heterocycles. The van der Waals surface area contributed by atoms with Gasteiger partial charge in [0.15, 0.2) is 0 Å². The summed E-state index contributed by atoms with van der Waals surface area (Å²) in [7, 11) is -1.23. The summed E-state index contributed by atoms with van der Waals surface area (Å²) in [6.45, 7) is 0.317. The molecule has 8 nitrogen and oxygen atoms in total. The van der Waals surface area contributed by atoms with Gasteiger partial charge in [-0.05, 0) is 83.2 Å². The number of carbonyl (C=O) groups excluding carboxylic acids is 1. The van der Waals surface area contributed by atoms with Crippen LogP contribution in [0.3, 0.4) is 0 Å². The molecule has 2 saturated carbocycles. The maximum Gasteiger partial charge on any atom is 0.312 e. The van der Waals surface area contributed by atoms with E-state index in [0.29, 0.717) is 18.9 Å². The van der Waals surface area contributed by atoms with E-state index >= 15 is 0 Å². The van der Waals surface area contributed by atoms with Gasteiger partial charge in [0.25, 0.3) is 5.91 Å². The number of aromatic nitrogens is 1. The third-order valence-electron chi connectivity index (χ3n) is 8.67. The highest BCUT2D eigenvalue weighted by molar-refractivity contribution is 14.1. The van der Waals surface area contributed by atoms with Gasteiger partial charge in [0, 0.05) is 52.2 Å². The van der Waals surface area contributed by atoms with Gasteiger partial charge in [-0.2, -0.15) is 12.7 Å². The van der Waals surface area contributed by atoms with Crippen LogP contribution in [0.15, 0.2) is 36.4 Å². The third kappa shape index (κ3) is 3.98. The van der Waals surface area contributed by atoms with Crippen LogP contribution in [0, 0.1) is 8.99 Å². The minimum Gasteiger partial charge on any atom is -0.481 e. The van der Waals surface area contributed by atoms with Crippen LogP contribution in [0.25, 0.3) is 22.2 Å². The Balaban J connectivity index is 1.60. The Kier molecular flexibility index (Phi) is 6.15. The van der Waals surface area contributed by atoms with Crippen LogP contribution in [-0.4, -0.2) is 48.4 Å². The van der Waals surface area contributed by atoms with Gasteiger partial charge >= 0.3 is 16.2 Å². The molecule has 2 aromatic carbocycles. The number of benzene rings is 2. The number of rotatable bonds is 5. The van der Waals surface area contributed by atoms with Gasteiger partial charge in [0.1, 0.15) is 0 Å². The molecule has 10 heteroatoms. The Morgan fingerprint density at radius 1 is 1.11 bits per heavy atom. The molecule has 1 aliphatic heterocycles. The van der Waals surface area contributed by atoms with Gasteiger partial charge in [0.2, 0.25) is 0 Å². The van der Waals surface area contributed by atoms with E-state index < -0.39 is 27.5 Å². The largest absolute Gasteiger partial charge is 0.481 e. The normalized spacial score (nSPS) is 22.9. The number of aliphatic carboxylic acids is 1. The summed E-state index contributed by atoms with van der Waals surface area (Å²) >= 11 is 2.29. The standard InChI is InChI=1S/C28H30IN3O5S/c1-31(2)38(36,37)30-26(33)17-8-10-20-23(12-17)32-15-28(27(34)35)14-22(28)21-13-18(29)9-11-19(21)25(32)24(20)16-6-4-3-5-7-16/h8-13,16,22H,3-7,14-15H2,1-2H3,(H,30,33)(H,34,35). The first-order valence-corrected chi connectivity index (χ1v) is 15.5. The molecule has 200 valence electrons. The number of carboxylic acids is 1. The van der Waals surface area contributed by atoms with Crippen molar-refractivity contribution in [1.82, 2.24) is 13.6 Å². The van der Waals surface area contributed by atoms with Crippen molar-refractivity contribution in [3.05, 3.63) is 56.7 Å². The minimum absolute atomic E-state index is 0.0596. The zero-order valence-corrected chi connectivity index (χ0v) is 24.3. The first-order valence-electron chi connectivity index (χ1n) is 13.0. The summed E-state index contributed by atoms with van der Waals surface area (Å²) in [6.07, 6.45) is 6.25. The first kappa shape index (κ1) is 25.8. The molecule has 0 bridgehead atoms. The van der Waals surface area contributed by atoms with Gasteiger partial charge in [0.05, 0.1) is 11.1 Å². The lowest BCUT2D eigenvalue weighted by atomic mass is 9.81. The van der Waals surface area contributed by atoms with Crippen LogP contribution in [-0.2, 0) is 21.5 Å². The molecule has 1 amide bonds. The summed E-state index contributed by atoms with van der Waals surface area (Å²) in [4.78, 5) is 25.7. The average Bonchev–Trinajstić information content (AvgIpc) is 3.55. The molecule has 2 unspecified atom stereocenters. The zero-order chi connectivity index (χ0) is 27.0. The maximum atomic E-state index is 13.0. The van der Waals surface area contributed by atoms with Crippen LogP contribution in [0.2, 0.25) is 0 Å². The third-order valence-corrected chi connectivity index (χ3v) is 10.7. The van der Waals surface area contributed by atoms with Crippen molar-refractivity contribution in [2.24, 2.45) is 5.41 Å². The fourth-order valence-corrected chi connectivity index (χ4v) is 7.61. The smallest absolute Gasteiger partial charge is 0.312 e. The van der Waals surface area contributed by atoms with Crippen molar-refractivity contribution in [1.29, 1.82) is 0 Å². The van der Waals surface area contributed by atoms with Crippen molar-refractivity contribution < 1.29 is 23.1 Å². The second kappa shape index (κ2) is 9.06. The van der Waals surface area contributed by atoms with Crippen LogP contribution in [0.5, 0.6) is 0 Å². The lowest BCUT2D eigenvalue weighted by molar-refractivity contribution is -0.144. The van der Waals surface area contributed by atoms with Crippen LogP contribution >= 0.6 is 22.6 Å². The highest BCUT2D eigenvalue weighted by Gasteiger charge is 2.63. The van der Waals surface area contributed by atoms with E-state index in [0.717, 1.165) is 61.3 Å². The predicted octanol–water partition coefficient (Wildman–Crippen LogP) is 5.07. The van der Waals surface area contributed by atoms with E-state index in [1.54, 1.807) is 12.1 Å². The maximum absolute atomic E-state index is 13.0. The summed E-state index contributed by atoms with van der Waals surface area (Å²) in [6, 6.07) is 11.7. The molecule has 38 heavy (non-hydrogen) atoms. The Bertz CT molecular complexity index is 1610. The summed E-state index contributed by atoms with van der Waals surface area (Å²) in [5.41, 5.74) is 4.58. The van der Waals surface area contributed by atoms with Crippen molar-refractivity contribution in [3.63, 3.8) is 0 Å². The van der Waals surface area contributed by atoms with E-state index in [2.05, 4.69) is 50.1 Å². The fourth-order valence-electron chi connectivity index (χ4n) is 6.56. The van der Waals surface area contributed by atoms with E-state index in [1.807, 2.05) is 6.07 Å². The summed E-state index contributed by atoms with van der Waals surface area (Å²) in [5.74, 6) is -1.22. The van der Waals surface area contributed by atoms with Crippen molar-refractivity contribution >= 4 is 55.6 Å². The number of hydrogen-bond donors (Lipinski definition) is 2. The molecule has 2 N–H and O–H groups in total. The molecule has 2 heterocycles. The molecule has 6 rings (SSSR count). The van der Waals surface area contributed by atoms with Crippen LogP contribution in [0.1, 0.15) is 71.8 Å². The second-order valence-electron chi connectivity index (χ2n) is 11.1. The first-order chi connectivity index (χ1) is 18.0. The van der Waals surface area contributed by atoms with Crippen LogP contribution in [0.4, 0.5) is 0 Å². The lowest BCUT2D eigenvalue weighted by Crippen LogP contribution is -2.39. The molecule has 3 aromatic rings. The van der Waals surface area contributed by atoms with Crippen molar-refractivity contribution in [2.75, 3.05) is 14.1 Å². The van der Waals surface area contributed by atoms with E-state index in [9.17, 15) is 23.1 Å². The fraction of sp³-hybridized carbons (Fsp3) is 0.429. The number of carbonyl (C=O) groups is 2. The Labute approximate surface area is 235 Å². The number of amides is 1. The number of nitrogens with one attached hydrogen (secondary N) is 1. The Hall–Kier alpha value is -2.44. The predicted molar refractivity (Wildman–Crippen MR) is 153 cm³/mol. The Morgan fingerprint density at radius 3 is 2.53 bits per heavy atom. The molecule has 2 fully saturated rings. The molecular weight excluding hydrogens is 617 g/mol. The number of carboxylic acid groups (broad SMARTS) is 1. The topological polar surface area (TPSA) is 109 Å². The monoisotopic (exact) mass is 647 g/mol. The molecular formula is C28H30IN3O5S. The van der Waals surface area contributed by atoms with Gasteiger partial charge in [-0.1, -0.05) is 31.4 Å². The van der Waals surface area contributed by atoms with Gasteiger partial charge in [-0.3, -0.25) is 9.59 Å². The molecule has 2 atom stereocenters. The van der Waals surface area contributed by atoms with Gasteiger partial charge < -0.3 is 9.67 Å². The number of hydrogen-bond acceptors (Lipinski definition) is 4. The number of nitrogens with zero attached hydrogens (tertiary/aromatic N) is 2.